The van der Waals surface area contributed by atoms with Gasteiger partial charge in [-0.05, 0) is 25.8 Å². The minimum Gasteiger partial charge on any atom is -0.342 e. The number of aromatic nitrogens is 2. The minimum atomic E-state index is -0.0995. The van der Waals surface area contributed by atoms with Gasteiger partial charge in [0.15, 0.2) is 0 Å². The van der Waals surface area contributed by atoms with Crippen LogP contribution in [0.3, 0.4) is 0 Å². The van der Waals surface area contributed by atoms with E-state index < -0.39 is 0 Å². The van der Waals surface area contributed by atoms with E-state index in [1.54, 1.807) is 23.0 Å². The van der Waals surface area contributed by atoms with Gasteiger partial charge in [0.05, 0.1) is 11.7 Å². The number of rotatable bonds is 5. The molecule has 21 heavy (non-hydrogen) atoms. The number of piperidine rings is 1. The topological polar surface area (TPSA) is 66.4 Å². The second-order valence-corrected chi connectivity index (χ2v) is 5.40. The molecule has 1 aliphatic rings. The van der Waals surface area contributed by atoms with Crippen LogP contribution < -0.4 is 0 Å². The van der Waals surface area contributed by atoms with Crippen LogP contribution in [0.4, 0.5) is 0 Å². The van der Waals surface area contributed by atoms with Gasteiger partial charge >= 0.3 is 0 Å². The van der Waals surface area contributed by atoms with Gasteiger partial charge in [-0.25, -0.2) is 9.97 Å². The van der Waals surface area contributed by atoms with E-state index in [4.69, 9.17) is 0 Å². The Morgan fingerprint density at radius 1 is 1.48 bits per heavy atom. The Balaban J connectivity index is 1.86. The molecule has 2 rings (SSSR count). The third-order valence-corrected chi connectivity index (χ3v) is 4.02. The molecular formula is C15H22N4O2. The van der Waals surface area contributed by atoms with Crippen LogP contribution in [0.15, 0.2) is 18.6 Å². The molecule has 0 bridgehead atoms. The quantitative estimate of drug-likeness (QED) is 0.822. The molecule has 0 aliphatic carbocycles. The summed E-state index contributed by atoms with van der Waals surface area (Å²) in [5.41, 5.74) is 0.815. The Hall–Kier alpha value is -1.98. The molecule has 1 saturated heterocycles. The largest absolute Gasteiger partial charge is 0.342 e. The van der Waals surface area contributed by atoms with E-state index in [1.165, 1.54) is 6.33 Å². The Kier molecular flexibility index (Phi) is 5.25. The zero-order chi connectivity index (χ0) is 15.2. The fourth-order valence-electron chi connectivity index (χ4n) is 2.47. The predicted molar refractivity (Wildman–Crippen MR) is 78.3 cm³/mol. The molecular weight excluding hydrogens is 268 g/mol. The second kappa shape index (κ2) is 7.15. The molecule has 114 valence electrons. The first-order chi connectivity index (χ1) is 10.1. The molecule has 1 aromatic rings. The van der Waals surface area contributed by atoms with E-state index in [0.29, 0.717) is 19.4 Å². The van der Waals surface area contributed by atoms with Crippen molar-refractivity contribution in [1.82, 2.24) is 19.8 Å². The van der Waals surface area contributed by atoms with Gasteiger partial charge in [-0.1, -0.05) is 0 Å². The molecule has 1 aliphatic heterocycles. The molecule has 2 amide bonds. The smallest absolute Gasteiger partial charge is 0.224 e. The first kappa shape index (κ1) is 15.4. The summed E-state index contributed by atoms with van der Waals surface area (Å²) in [7, 11) is 1.77. The summed E-state index contributed by atoms with van der Waals surface area (Å²) < 4.78 is 0. The monoisotopic (exact) mass is 290 g/mol. The molecule has 0 aromatic carbocycles. The first-order valence-corrected chi connectivity index (χ1v) is 7.39. The fraction of sp³-hybridized carbons (Fsp3) is 0.600. The van der Waals surface area contributed by atoms with Gasteiger partial charge in [0.1, 0.15) is 6.33 Å². The third-order valence-electron chi connectivity index (χ3n) is 4.02. The van der Waals surface area contributed by atoms with E-state index in [9.17, 15) is 9.59 Å². The Morgan fingerprint density at radius 2 is 2.29 bits per heavy atom. The molecule has 0 saturated carbocycles. The number of carbonyl (C=O) groups excluding carboxylic acids is 2. The van der Waals surface area contributed by atoms with Crippen molar-refractivity contribution in [1.29, 1.82) is 0 Å². The van der Waals surface area contributed by atoms with Gasteiger partial charge in [-0.15, -0.1) is 0 Å². The summed E-state index contributed by atoms with van der Waals surface area (Å²) in [6, 6.07) is 1.71. The summed E-state index contributed by atoms with van der Waals surface area (Å²) in [6.45, 7) is 3.22. The maximum atomic E-state index is 12.3. The Morgan fingerprint density at radius 3 is 2.95 bits per heavy atom. The number of nitrogens with zero attached hydrogens (tertiary/aromatic N) is 4. The summed E-state index contributed by atoms with van der Waals surface area (Å²) in [5, 5.41) is 0. The number of hydrogen-bond acceptors (Lipinski definition) is 4. The van der Waals surface area contributed by atoms with E-state index >= 15 is 0 Å². The molecule has 1 aromatic heterocycles. The molecule has 0 spiro atoms. The van der Waals surface area contributed by atoms with Gasteiger partial charge in [0.25, 0.3) is 0 Å². The van der Waals surface area contributed by atoms with Gasteiger partial charge in [0, 0.05) is 39.2 Å². The second-order valence-electron chi connectivity index (χ2n) is 5.40. The highest BCUT2D eigenvalue weighted by atomic mass is 16.2. The summed E-state index contributed by atoms with van der Waals surface area (Å²) in [5.74, 6) is 0.194. The lowest BCUT2D eigenvalue weighted by Gasteiger charge is -2.29. The molecule has 0 N–H and O–H groups in total. The lowest BCUT2D eigenvalue weighted by molar-refractivity contribution is -0.136. The highest BCUT2D eigenvalue weighted by Gasteiger charge is 2.22. The van der Waals surface area contributed by atoms with Crippen molar-refractivity contribution in [2.24, 2.45) is 0 Å². The minimum absolute atomic E-state index is 0.0273. The van der Waals surface area contributed by atoms with Crippen LogP contribution in [0.1, 0.15) is 44.3 Å². The third kappa shape index (κ3) is 4.00. The Labute approximate surface area is 125 Å². The zero-order valence-electron chi connectivity index (χ0n) is 12.7. The van der Waals surface area contributed by atoms with Crippen molar-refractivity contribution in [2.45, 2.75) is 38.6 Å². The lowest BCUT2D eigenvalue weighted by atomic mass is 10.1. The van der Waals surface area contributed by atoms with Crippen LogP contribution in [0.25, 0.3) is 0 Å². The summed E-state index contributed by atoms with van der Waals surface area (Å²) in [6.07, 6.45) is 6.13. The van der Waals surface area contributed by atoms with E-state index in [2.05, 4.69) is 9.97 Å². The van der Waals surface area contributed by atoms with E-state index in [-0.39, 0.29) is 17.9 Å². The van der Waals surface area contributed by atoms with Crippen molar-refractivity contribution >= 4 is 11.8 Å². The van der Waals surface area contributed by atoms with Crippen molar-refractivity contribution in [2.75, 3.05) is 20.1 Å². The van der Waals surface area contributed by atoms with Crippen molar-refractivity contribution in [3.63, 3.8) is 0 Å². The SMILES string of the molecule is C[C@H](c1ccncn1)N(C)C(=O)CCN1CCCCC1=O. The van der Waals surface area contributed by atoms with Crippen LogP contribution in [0, 0.1) is 0 Å². The molecule has 0 radical (unpaired) electrons. The molecule has 0 unspecified atom stereocenters. The molecule has 2 heterocycles. The van der Waals surface area contributed by atoms with Gasteiger partial charge in [-0.2, -0.15) is 0 Å². The molecule has 6 nitrogen and oxygen atoms in total. The first-order valence-electron chi connectivity index (χ1n) is 7.39. The fourth-order valence-corrected chi connectivity index (χ4v) is 2.47. The van der Waals surface area contributed by atoms with Crippen LogP contribution in [0.5, 0.6) is 0 Å². The predicted octanol–water partition coefficient (Wildman–Crippen LogP) is 1.40. The maximum absolute atomic E-state index is 12.3. The van der Waals surface area contributed by atoms with Gasteiger partial charge < -0.3 is 9.80 Å². The Bertz CT molecular complexity index is 492. The van der Waals surface area contributed by atoms with Crippen molar-refractivity contribution in [3.8, 4) is 0 Å². The number of carbonyl (C=O) groups is 2. The number of likely N-dealkylation sites (tertiary alicyclic amines) is 1. The van der Waals surface area contributed by atoms with Crippen LogP contribution in [-0.2, 0) is 9.59 Å². The summed E-state index contributed by atoms with van der Waals surface area (Å²) in [4.78, 5) is 35.5. The van der Waals surface area contributed by atoms with Crippen LogP contribution >= 0.6 is 0 Å². The van der Waals surface area contributed by atoms with Crippen LogP contribution in [0.2, 0.25) is 0 Å². The lowest BCUT2D eigenvalue weighted by Crippen LogP contribution is -2.39. The maximum Gasteiger partial charge on any atom is 0.224 e. The molecule has 1 atom stereocenters. The molecule has 6 heteroatoms. The van der Waals surface area contributed by atoms with Gasteiger partial charge in [-0.3, -0.25) is 9.59 Å². The van der Waals surface area contributed by atoms with E-state index in [1.807, 2.05) is 13.0 Å². The highest BCUT2D eigenvalue weighted by molar-refractivity contribution is 5.79. The van der Waals surface area contributed by atoms with Crippen LogP contribution in [-0.4, -0.2) is 51.7 Å². The van der Waals surface area contributed by atoms with Gasteiger partial charge in [0.2, 0.25) is 11.8 Å². The van der Waals surface area contributed by atoms with E-state index in [0.717, 1.165) is 25.1 Å². The normalized spacial score (nSPS) is 16.7. The zero-order valence-corrected chi connectivity index (χ0v) is 12.7. The standard InChI is InChI=1S/C15H22N4O2/c1-12(13-6-8-16-11-17-13)18(2)14(20)7-10-19-9-4-3-5-15(19)21/h6,8,11-12H,3-5,7,9-10H2,1-2H3/t12-/m1/s1. The average Bonchev–Trinajstić information content (AvgIpc) is 2.53. The molecule has 1 fully saturated rings. The summed E-state index contributed by atoms with van der Waals surface area (Å²) >= 11 is 0. The van der Waals surface area contributed by atoms with Crippen molar-refractivity contribution < 1.29 is 9.59 Å². The number of amides is 2. The van der Waals surface area contributed by atoms with Crippen molar-refractivity contribution in [3.05, 3.63) is 24.3 Å². The highest BCUT2D eigenvalue weighted by Crippen LogP contribution is 2.17. The average molecular weight is 290 g/mol. The number of hydrogen-bond donors (Lipinski definition) is 0.